The number of hydrogen-bond acceptors (Lipinski definition) is 4. The summed E-state index contributed by atoms with van der Waals surface area (Å²) in [5, 5.41) is 0.629. The van der Waals surface area contributed by atoms with Crippen LogP contribution in [0.25, 0.3) is 10.2 Å². The van der Waals surface area contributed by atoms with Gasteiger partial charge in [-0.15, -0.1) is 0 Å². The summed E-state index contributed by atoms with van der Waals surface area (Å²) in [6.45, 7) is 0.370. The highest BCUT2D eigenvalue weighted by Gasteiger charge is 2.21. The van der Waals surface area contributed by atoms with E-state index in [4.69, 9.17) is 0 Å². The molecule has 4 rings (SSSR count). The van der Waals surface area contributed by atoms with Crippen molar-refractivity contribution in [1.82, 2.24) is 9.97 Å². The molecule has 2 aromatic carbocycles. The van der Waals surface area contributed by atoms with Crippen molar-refractivity contribution < 1.29 is 9.18 Å². The first-order valence-electron chi connectivity index (χ1n) is 8.58. The molecule has 140 valence electrons. The van der Waals surface area contributed by atoms with Gasteiger partial charge in [-0.2, -0.15) is 0 Å². The minimum atomic E-state index is -0.319. The van der Waals surface area contributed by atoms with Gasteiger partial charge >= 0.3 is 0 Å². The average molecular weight is 456 g/mol. The fourth-order valence-electron chi connectivity index (χ4n) is 2.81. The molecule has 0 atom stereocenters. The van der Waals surface area contributed by atoms with Crippen LogP contribution in [0.3, 0.4) is 0 Å². The van der Waals surface area contributed by atoms with E-state index in [1.165, 1.54) is 23.5 Å². The van der Waals surface area contributed by atoms with E-state index in [9.17, 15) is 9.18 Å². The largest absolute Gasteiger partial charge is 0.283 e. The van der Waals surface area contributed by atoms with Crippen LogP contribution in [0.4, 0.5) is 9.52 Å². The second-order valence-corrected chi connectivity index (χ2v) is 8.18. The van der Waals surface area contributed by atoms with Crippen LogP contribution in [-0.4, -0.2) is 15.9 Å². The second kappa shape index (κ2) is 8.16. The Labute approximate surface area is 173 Å². The quantitative estimate of drug-likeness (QED) is 0.406. The molecule has 0 saturated heterocycles. The highest BCUT2D eigenvalue weighted by atomic mass is 79.9. The van der Waals surface area contributed by atoms with Crippen LogP contribution in [0.2, 0.25) is 0 Å². The first-order valence-corrected chi connectivity index (χ1v) is 10.2. The van der Waals surface area contributed by atoms with Crippen LogP contribution in [0.1, 0.15) is 11.1 Å². The van der Waals surface area contributed by atoms with Gasteiger partial charge in [-0.25, -0.2) is 9.37 Å². The molecule has 0 aliphatic rings. The minimum absolute atomic E-state index is 0.103. The Balaban J connectivity index is 1.67. The Morgan fingerprint density at radius 1 is 1.11 bits per heavy atom. The zero-order valence-electron chi connectivity index (χ0n) is 14.7. The zero-order chi connectivity index (χ0) is 19.5. The van der Waals surface area contributed by atoms with Crippen molar-refractivity contribution in [2.75, 3.05) is 4.90 Å². The number of pyridine rings is 1. The van der Waals surface area contributed by atoms with Crippen molar-refractivity contribution >= 4 is 48.5 Å². The molecule has 2 heterocycles. The second-order valence-electron chi connectivity index (χ2n) is 6.25. The number of amides is 1. The smallest absolute Gasteiger partial charge is 0.233 e. The van der Waals surface area contributed by atoms with Gasteiger partial charge in [0.25, 0.3) is 0 Å². The zero-order valence-corrected chi connectivity index (χ0v) is 17.1. The number of carbonyl (C=O) groups excluding carboxylic acids is 1. The SMILES string of the molecule is O=C(Cc1ccc(F)cc1)N(Cc1cccnc1)c1nc2ccc(Br)cc2s1. The maximum Gasteiger partial charge on any atom is 0.233 e. The lowest BCUT2D eigenvalue weighted by Gasteiger charge is -2.20. The number of rotatable bonds is 5. The lowest BCUT2D eigenvalue weighted by molar-refractivity contribution is -0.118. The van der Waals surface area contributed by atoms with Crippen LogP contribution in [0, 0.1) is 5.82 Å². The molecule has 4 aromatic rings. The summed E-state index contributed by atoms with van der Waals surface area (Å²) in [7, 11) is 0. The Morgan fingerprint density at radius 3 is 2.68 bits per heavy atom. The van der Waals surface area contributed by atoms with Crippen molar-refractivity contribution in [3.63, 3.8) is 0 Å². The predicted octanol–water partition coefficient (Wildman–Crippen LogP) is 5.37. The fourth-order valence-corrected chi connectivity index (χ4v) is 4.34. The molecule has 0 saturated carbocycles. The monoisotopic (exact) mass is 455 g/mol. The molecule has 0 aliphatic carbocycles. The number of nitrogens with zero attached hydrogens (tertiary/aromatic N) is 3. The number of anilines is 1. The molecular formula is C21H15BrFN3OS. The summed E-state index contributed by atoms with van der Waals surface area (Å²) >= 11 is 4.93. The highest BCUT2D eigenvalue weighted by molar-refractivity contribution is 9.10. The van der Waals surface area contributed by atoms with Gasteiger partial charge in [-0.1, -0.05) is 45.5 Å². The van der Waals surface area contributed by atoms with Crippen molar-refractivity contribution in [2.24, 2.45) is 0 Å². The van der Waals surface area contributed by atoms with Crippen molar-refractivity contribution in [1.29, 1.82) is 0 Å². The molecule has 1 amide bonds. The number of halogens is 2. The Hall–Kier alpha value is -2.64. The van der Waals surface area contributed by atoms with Gasteiger partial charge in [0.05, 0.1) is 23.2 Å². The molecule has 0 aliphatic heterocycles. The summed E-state index contributed by atoms with van der Waals surface area (Å²) in [6, 6.07) is 15.6. The maximum absolute atomic E-state index is 13.2. The van der Waals surface area contributed by atoms with E-state index in [-0.39, 0.29) is 18.1 Å². The Bertz CT molecular complexity index is 1120. The maximum atomic E-state index is 13.2. The molecule has 4 nitrogen and oxygen atoms in total. The third kappa shape index (κ3) is 4.26. The molecule has 0 fully saturated rings. The van der Waals surface area contributed by atoms with Gasteiger partial charge in [-0.3, -0.25) is 14.7 Å². The van der Waals surface area contributed by atoms with E-state index in [2.05, 4.69) is 25.9 Å². The topological polar surface area (TPSA) is 46.1 Å². The van der Waals surface area contributed by atoms with E-state index in [0.29, 0.717) is 11.7 Å². The van der Waals surface area contributed by atoms with Gasteiger partial charge < -0.3 is 0 Å². The fraction of sp³-hybridized carbons (Fsp3) is 0.0952. The summed E-state index contributed by atoms with van der Waals surface area (Å²) in [6.07, 6.45) is 3.60. The van der Waals surface area contributed by atoms with Crippen LogP contribution in [0.15, 0.2) is 71.5 Å². The summed E-state index contributed by atoms with van der Waals surface area (Å²) < 4.78 is 15.1. The first-order chi connectivity index (χ1) is 13.6. The van der Waals surface area contributed by atoms with Gasteiger partial charge in [0.15, 0.2) is 5.13 Å². The first kappa shape index (κ1) is 18.7. The van der Waals surface area contributed by atoms with E-state index in [1.807, 2.05) is 30.3 Å². The van der Waals surface area contributed by atoms with Crippen molar-refractivity contribution in [3.05, 3.63) is 88.4 Å². The summed E-state index contributed by atoms with van der Waals surface area (Å²) in [5.74, 6) is -0.422. The van der Waals surface area contributed by atoms with Crippen molar-refractivity contribution in [3.8, 4) is 0 Å². The molecule has 0 bridgehead atoms. The average Bonchev–Trinajstić information content (AvgIpc) is 3.11. The third-order valence-corrected chi connectivity index (χ3v) is 5.74. The Morgan fingerprint density at radius 2 is 1.93 bits per heavy atom. The molecule has 0 radical (unpaired) electrons. The number of hydrogen-bond donors (Lipinski definition) is 0. The van der Waals surface area contributed by atoms with E-state index in [0.717, 1.165) is 25.8 Å². The lowest BCUT2D eigenvalue weighted by atomic mass is 10.1. The lowest BCUT2D eigenvalue weighted by Crippen LogP contribution is -2.31. The summed E-state index contributed by atoms with van der Waals surface area (Å²) in [5.41, 5.74) is 2.51. The van der Waals surface area contributed by atoms with E-state index in [1.54, 1.807) is 29.4 Å². The number of thiazole rings is 1. The van der Waals surface area contributed by atoms with Crippen LogP contribution >= 0.6 is 27.3 Å². The molecule has 7 heteroatoms. The van der Waals surface area contributed by atoms with Gasteiger partial charge in [0, 0.05) is 16.9 Å². The standard InChI is InChI=1S/C21H15BrFN3OS/c22-16-5-8-18-19(11-16)28-21(25-18)26(13-15-2-1-9-24-12-15)20(27)10-14-3-6-17(23)7-4-14/h1-9,11-12H,10,13H2. The highest BCUT2D eigenvalue weighted by Crippen LogP contribution is 2.32. The Kier molecular flexibility index (Phi) is 5.45. The number of carbonyl (C=O) groups is 1. The van der Waals surface area contributed by atoms with Gasteiger partial charge in [-0.05, 0) is 47.5 Å². The molecule has 28 heavy (non-hydrogen) atoms. The van der Waals surface area contributed by atoms with Crippen molar-refractivity contribution in [2.45, 2.75) is 13.0 Å². The van der Waals surface area contributed by atoms with E-state index < -0.39 is 0 Å². The number of fused-ring (bicyclic) bond motifs is 1. The molecule has 0 N–H and O–H groups in total. The normalized spacial score (nSPS) is 10.9. The molecule has 0 unspecified atom stereocenters. The van der Waals surface area contributed by atoms with Crippen LogP contribution in [-0.2, 0) is 17.8 Å². The van der Waals surface area contributed by atoms with E-state index >= 15 is 0 Å². The number of benzene rings is 2. The minimum Gasteiger partial charge on any atom is -0.283 e. The van der Waals surface area contributed by atoms with Gasteiger partial charge in [0.2, 0.25) is 5.91 Å². The molecule has 0 spiro atoms. The molecular weight excluding hydrogens is 441 g/mol. The third-order valence-electron chi connectivity index (χ3n) is 4.20. The summed E-state index contributed by atoms with van der Waals surface area (Å²) in [4.78, 5) is 23.6. The molecule has 2 aromatic heterocycles. The van der Waals surface area contributed by atoms with Crippen LogP contribution in [0.5, 0.6) is 0 Å². The predicted molar refractivity (Wildman–Crippen MR) is 113 cm³/mol. The van der Waals surface area contributed by atoms with Gasteiger partial charge in [0.1, 0.15) is 5.82 Å². The number of aromatic nitrogens is 2. The van der Waals surface area contributed by atoms with Crippen LogP contribution < -0.4 is 4.90 Å².